The second-order valence-electron chi connectivity index (χ2n) is 4.65. The summed E-state index contributed by atoms with van der Waals surface area (Å²) in [5.41, 5.74) is 8.31. The van der Waals surface area contributed by atoms with Gasteiger partial charge in [0.25, 0.3) is 0 Å². The molecule has 0 amide bonds. The van der Waals surface area contributed by atoms with Crippen molar-refractivity contribution in [3.8, 4) is 5.75 Å². The average molecular weight is 275 g/mol. The highest BCUT2D eigenvalue weighted by Crippen LogP contribution is 2.23. The van der Waals surface area contributed by atoms with Crippen LogP contribution in [-0.4, -0.2) is 6.54 Å². The molecule has 0 radical (unpaired) electrons. The Bertz CT molecular complexity index is 464. The summed E-state index contributed by atoms with van der Waals surface area (Å²) in [5.74, 6) is 0.891. The molecule has 102 valence electrons. The van der Waals surface area contributed by atoms with E-state index in [0.717, 1.165) is 17.7 Å². The molecule has 0 aliphatic rings. The van der Waals surface area contributed by atoms with Gasteiger partial charge in [-0.3, -0.25) is 0 Å². The van der Waals surface area contributed by atoms with E-state index in [9.17, 15) is 0 Å². The van der Waals surface area contributed by atoms with E-state index in [1.165, 1.54) is 18.4 Å². The standard InChI is InChI=1S/C16H21NOS/c1-2-3-4-13-5-7-15(8-6-13)18-16(11-17)14-9-10-19-12-14/h5-10,12,16H,2-4,11,17H2,1H3. The van der Waals surface area contributed by atoms with E-state index < -0.39 is 0 Å². The highest BCUT2D eigenvalue weighted by Gasteiger charge is 2.11. The lowest BCUT2D eigenvalue weighted by molar-refractivity contribution is 0.214. The predicted octanol–water partition coefficient (Wildman–Crippen LogP) is 4.17. The number of nitrogens with two attached hydrogens (primary N) is 1. The fraction of sp³-hybridized carbons (Fsp3) is 0.375. The Morgan fingerprint density at radius 1 is 1.21 bits per heavy atom. The quantitative estimate of drug-likeness (QED) is 0.823. The molecule has 2 aromatic rings. The molecule has 1 heterocycles. The van der Waals surface area contributed by atoms with E-state index in [0.29, 0.717) is 6.54 Å². The van der Waals surface area contributed by atoms with Gasteiger partial charge < -0.3 is 10.5 Å². The normalized spacial score (nSPS) is 12.3. The van der Waals surface area contributed by atoms with Crippen molar-refractivity contribution in [2.75, 3.05) is 6.54 Å². The SMILES string of the molecule is CCCCc1ccc(OC(CN)c2ccsc2)cc1. The Balaban J connectivity index is 1.98. The number of thiophene rings is 1. The molecule has 0 fully saturated rings. The van der Waals surface area contributed by atoms with E-state index in [2.05, 4.69) is 35.9 Å². The molecule has 3 heteroatoms. The third kappa shape index (κ3) is 4.08. The third-order valence-electron chi connectivity index (χ3n) is 3.15. The van der Waals surface area contributed by atoms with Crippen LogP contribution in [0.25, 0.3) is 0 Å². The fourth-order valence-corrected chi connectivity index (χ4v) is 2.69. The second kappa shape index (κ2) is 7.31. The van der Waals surface area contributed by atoms with Gasteiger partial charge in [-0.2, -0.15) is 11.3 Å². The van der Waals surface area contributed by atoms with Crippen LogP contribution in [-0.2, 0) is 6.42 Å². The first-order valence-corrected chi connectivity index (χ1v) is 7.75. The minimum absolute atomic E-state index is 0.0484. The van der Waals surface area contributed by atoms with E-state index in [1.807, 2.05) is 12.1 Å². The molecule has 0 aliphatic carbocycles. The molecule has 0 aliphatic heterocycles. The third-order valence-corrected chi connectivity index (χ3v) is 3.85. The molecule has 19 heavy (non-hydrogen) atoms. The molecule has 0 saturated heterocycles. The van der Waals surface area contributed by atoms with Crippen LogP contribution in [0.15, 0.2) is 41.1 Å². The molecule has 0 bridgehead atoms. The molecule has 1 aromatic carbocycles. The number of aryl methyl sites for hydroxylation is 1. The number of hydrogen-bond donors (Lipinski definition) is 1. The van der Waals surface area contributed by atoms with Gasteiger partial charge in [0.1, 0.15) is 11.9 Å². The van der Waals surface area contributed by atoms with Crippen molar-refractivity contribution in [2.24, 2.45) is 5.73 Å². The lowest BCUT2D eigenvalue weighted by Crippen LogP contribution is -2.17. The summed E-state index contributed by atoms with van der Waals surface area (Å²) >= 11 is 1.67. The number of hydrogen-bond acceptors (Lipinski definition) is 3. The summed E-state index contributed by atoms with van der Waals surface area (Å²) < 4.78 is 5.95. The molecular formula is C16H21NOS. The number of unbranched alkanes of at least 4 members (excludes halogenated alkanes) is 1. The summed E-state index contributed by atoms with van der Waals surface area (Å²) in [6, 6.07) is 10.4. The Kier molecular flexibility index (Phi) is 5.43. The van der Waals surface area contributed by atoms with Crippen LogP contribution in [0, 0.1) is 0 Å². The molecule has 2 rings (SSSR count). The largest absolute Gasteiger partial charge is 0.484 e. The van der Waals surface area contributed by atoms with Gasteiger partial charge in [-0.05, 0) is 47.4 Å². The smallest absolute Gasteiger partial charge is 0.137 e. The number of ether oxygens (including phenoxy) is 1. The van der Waals surface area contributed by atoms with Crippen molar-refractivity contribution in [1.29, 1.82) is 0 Å². The predicted molar refractivity (Wildman–Crippen MR) is 81.8 cm³/mol. The van der Waals surface area contributed by atoms with Gasteiger partial charge in [0.05, 0.1) is 0 Å². The second-order valence-corrected chi connectivity index (χ2v) is 5.43. The Morgan fingerprint density at radius 2 is 2.00 bits per heavy atom. The van der Waals surface area contributed by atoms with Crippen LogP contribution in [0.3, 0.4) is 0 Å². The first-order valence-electron chi connectivity index (χ1n) is 6.81. The van der Waals surface area contributed by atoms with Crippen molar-refractivity contribution in [2.45, 2.75) is 32.3 Å². The fourth-order valence-electron chi connectivity index (χ4n) is 1.99. The van der Waals surface area contributed by atoms with Gasteiger partial charge in [-0.1, -0.05) is 25.5 Å². The summed E-state index contributed by atoms with van der Waals surface area (Å²) in [4.78, 5) is 0. The molecule has 2 nitrogen and oxygen atoms in total. The zero-order valence-electron chi connectivity index (χ0n) is 11.3. The van der Waals surface area contributed by atoms with Crippen LogP contribution in [0.5, 0.6) is 5.75 Å². The highest BCUT2D eigenvalue weighted by atomic mass is 32.1. The topological polar surface area (TPSA) is 35.2 Å². The van der Waals surface area contributed by atoms with Crippen molar-refractivity contribution in [3.05, 3.63) is 52.2 Å². The first kappa shape index (κ1) is 14.1. The lowest BCUT2D eigenvalue weighted by Gasteiger charge is -2.16. The Morgan fingerprint density at radius 3 is 2.58 bits per heavy atom. The van der Waals surface area contributed by atoms with Crippen LogP contribution >= 0.6 is 11.3 Å². The minimum Gasteiger partial charge on any atom is -0.484 e. The summed E-state index contributed by atoms with van der Waals surface area (Å²) in [6.07, 6.45) is 3.56. The number of rotatable bonds is 7. The average Bonchev–Trinajstić information content (AvgIpc) is 2.98. The molecule has 1 unspecified atom stereocenters. The van der Waals surface area contributed by atoms with Gasteiger partial charge in [0.15, 0.2) is 0 Å². The van der Waals surface area contributed by atoms with Gasteiger partial charge in [-0.15, -0.1) is 0 Å². The highest BCUT2D eigenvalue weighted by molar-refractivity contribution is 7.07. The van der Waals surface area contributed by atoms with Crippen molar-refractivity contribution >= 4 is 11.3 Å². The zero-order chi connectivity index (χ0) is 13.5. The van der Waals surface area contributed by atoms with Crippen LogP contribution in [0.1, 0.15) is 37.0 Å². The van der Waals surface area contributed by atoms with Crippen molar-refractivity contribution in [3.63, 3.8) is 0 Å². The molecule has 2 N–H and O–H groups in total. The van der Waals surface area contributed by atoms with Crippen LogP contribution < -0.4 is 10.5 Å². The molecule has 1 aromatic heterocycles. The molecule has 0 saturated carbocycles. The lowest BCUT2D eigenvalue weighted by atomic mass is 10.1. The maximum absolute atomic E-state index is 5.95. The van der Waals surface area contributed by atoms with E-state index in [4.69, 9.17) is 10.5 Å². The van der Waals surface area contributed by atoms with Gasteiger partial charge in [0.2, 0.25) is 0 Å². The van der Waals surface area contributed by atoms with Crippen LogP contribution in [0.2, 0.25) is 0 Å². The molecular weight excluding hydrogens is 254 g/mol. The Hall–Kier alpha value is -1.32. The number of benzene rings is 1. The van der Waals surface area contributed by atoms with Gasteiger partial charge >= 0.3 is 0 Å². The first-order chi connectivity index (χ1) is 9.33. The summed E-state index contributed by atoms with van der Waals surface area (Å²) in [7, 11) is 0. The minimum atomic E-state index is -0.0484. The van der Waals surface area contributed by atoms with Crippen LogP contribution in [0.4, 0.5) is 0 Å². The summed E-state index contributed by atoms with van der Waals surface area (Å²) in [6.45, 7) is 2.71. The summed E-state index contributed by atoms with van der Waals surface area (Å²) in [5, 5.41) is 4.14. The molecule has 0 spiro atoms. The van der Waals surface area contributed by atoms with E-state index >= 15 is 0 Å². The van der Waals surface area contributed by atoms with Gasteiger partial charge in [-0.25, -0.2) is 0 Å². The van der Waals surface area contributed by atoms with Gasteiger partial charge in [0, 0.05) is 12.1 Å². The van der Waals surface area contributed by atoms with Crippen molar-refractivity contribution < 1.29 is 4.74 Å². The van der Waals surface area contributed by atoms with Crippen molar-refractivity contribution in [1.82, 2.24) is 0 Å². The maximum atomic E-state index is 5.95. The maximum Gasteiger partial charge on any atom is 0.137 e. The van der Waals surface area contributed by atoms with E-state index in [1.54, 1.807) is 11.3 Å². The Labute approximate surface area is 119 Å². The van der Waals surface area contributed by atoms with E-state index in [-0.39, 0.29) is 6.10 Å². The molecule has 1 atom stereocenters. The monoisotopic (exact) mass is 275 g/mol. The zero-order valence-corrected chi connectivity index (χ0v) is 12.2.